The van der Waals surface area contributed by atoms with E-state index in [0.717, 1.165) is 40.6 Å². The molecule has 0 amide bonds. The average molecular weight is 605 g/mol. The monoisotopic (exact) mass is 604 g/mol. The third-order valence-electron chi connectivity index (χ3n) is 6.89. The number of aromatic nitrogens is 4. The first-order valence-corrected chi connectivity index (χ1v) is 15.9. The molecule has 9 nitrogen and oxygen atoms in total. The van der Waals surface area contributed by atoms with E-state index in [2.05, 4.69) is 38.6 Å². The van der Waals surface area contributed by atoms with Crippen molar-refractivity contribution >= 4 is 10.1 Å². The van der Waals surface area contributed by atoms with E-state index in [1.54, 1.807) is 30.6 Å². The van der Waals surface area contributed by atoms with Gasteiger partial charge in [0, 0.05) is 47.0 Å². The number of benzene rings is 2. The fourth-order valence-corrected chi connectivity index (χ4v) is 5.40. The first-order valence-electron chi connectivity index (χ1n) is 14.0. The molecule has 0 saturated carbocycles. The number of pyridine rings is 2. The first-order chi connectivity index (χ1) is 21.3. The summed E-state index contributed by atoms with van der Waals surface area (Å²) >= 11 is 0. The van der Waals surface area contributed by atoms with E-state index in [1.807, 2.05) is 80.2 Å². The summed E-state index contributed by atoms with van der Waals surface area (Å²) in [5.41, 5.74) is 6.25. The molecule has 3 heterocycles. The number of rotatable bonds is 9. The van der Waals surface area contributed by atoms with E-state index in [0.29, 0.717) is 23.2 Å². The smallest absolute Gasteiger partial charge is 0.265 e. The van der Waals surface area contributed by atoms with Crippen LogP contribution in [-0.4, -0.2) is 34.2 Å². The zero-order valence-corrected chi connectivity index (χ0v) is 25.5. The summed E-state index contributed by atoms with van der Waals surface area (Å²) in [4.78, 5) is 13.0. The van der Waals surface area contributed by atoms with Crippen molar-refractivity contribution in [2.75, 3.05) is 6.26 Å². The van der Waals surface area contributed by atoms with Gasteiger partial charge in [0.15, 0.2) is 0 Å². The fraction of sp³-hybridized carbons (Fsp3) is 0.206. The van der Waals surface area contributed by atoms with Crippen molar-refractivity contribution in [1.29, 1.82) is 10.5 Å². The SMILES string of the molecule is CCC(OS(C)(=O)=O)c1ccc(-c2ccccc2C#N)cn1.CCC(c1ccc(-c2ccccc2C#N)cn1)n1ccnc1. The molecular formula is C34H32N6O3S. The summed E-state index contributed by atoms with van der Waals surface area (Å²) in [5, 5.41) is 18.3. The molecule has 222 valence electrons. The van der Waals surface area contributed by atoms with E-state index in [1.165, 1.54) is 0 Å². The number of nitriles is 2. The molecule has 44 heavy (non-hydrogen) atoms. The van der Waals surface area contributed by atoms with Gasteiger partial charge in [-0.1, -0.05) is 62.4 Å². The first kappa shape index (κ1) is 31.8. The second kappa shape index (κ2) is 14.8. The summed E-state index contributed by atoms with van der Waals surface area (Å²) in [6.07, 6.45) is 10.9. The van der Waals surface area contributed by atoms with E-state index in [4.69, 9.17) is 9.44 Å². The predicted octanol–water partition coefficient (Wildman–Crippen LogP) is 6.86. The highest BCUT2D eigenvalue weighted by Crippen LogP contribution is 2.27. The zero-order chi connectivity index (χ0) is 31.5. The molecule has 3 aromatic heterocycles. The largest absolute Gasteiger partial charge is 0.328 e. The van der Waals surface area contributed by atoms with Gasteiger partial charge in [-0.05, 0) is 37.1 Å². The van der Waals surface area contributed by atoms with Gasteiger partial charge >= 0.3 is 0 Å². The van der Waals surface area contributed by atoms with Crippen molar-refractivity contribution in [1.82, 2.24) is 19.5 Å². The zero-order valence-electron chi connectivity index (χ0n) is 24.7. The second-order valence-corrected chi connectivity index (χ2v) is 11.5. The minimum atomic E-state index is -3.54. The number of hydrogen-bond acceptors (Lipinski definition) is 8. The van der Waals surface area contributed by atoms with Crippen molar-refractivity contribution in [3.63, 3.8) is 0 Å². The van der Waals surface area contributed by atoms with E-state index >= 15 is 0 Å². The Morgan fingerprint density at radius 1 is 0.795 bits per heavy atom. The molecule has 10 heteroatoms. The van der Waals surface area contributed by atoms with Crippen LogP contribution >= 0.6 is 0 Å². The number of nitrogens with zero attached hydrogens (tertiary/aromatic N) is 6. The lowest BCUT2D eigenvalue weighted by molar-refractivity contribution is 0.206. The molecule has 0 aliphatic heterocycles. The molecule has 0 spiro atoms. The highest BCUT2D eigenvalue weighted by atomic mass is 32.2. The van der Waals surface area contributed by atoms with Crippen LogP contribution in [0.2, 0.25) is 0 Å². The second-order valence-electron chi connectivity index (χ2n) is 9.89. The third kappa shape index (κ3) is 8.01. The van der Waals surface area contributed by atoms with Crippen LogP contribution in [0.5, 0.6) is 0 Å². The van der Waals surface area contributed by atoms with Crippen LogP contribution in [0.15, 0.2) is 104 Å². The highest BCUT2D eigenvalue weighted by molar-refractivity contribution is 7.86. The fourth-order valence-electron chi connectivity index (χ4n) is 4.75. The van der Waals surface area contributed by atoms with E-state index in [-0.39, 0.29) is 6.04 Å². The van der Waals surface area contributed by atoms with Gasteiger partial charge in [0.05, 0.1) is 53.3 Å². The summed E-state index contributed by atoms with van der Waals surface area (Å²) < 4.78 is 29.6. The van der Waals surface area contributed by atoms with Crippen molar-refractivity contribution in [2.45, 2.75) is 38.8 Å². The van der Waals surface area contributed by atoms with Gasteiger partial charge in [0.25, 0.3) is 10.1 Å². The Hall–Kier alpha value is -5.16. The Bertz CT molecular complexity index is 1860. The minimum Gasteiger partial charge on any atom is -0.328 e. The van der Waals surface area contributed by atoms with Gasteiger partial charge in [0.2, 0.25) is 0 Å². The topological polar surface area (TPSA) is 135 Å². The Kier molecular flexibility index (Phi) is 10.7. The van der Waals surface area contributed by atoms with Crippen LogP contribution in [0.3, 0.4) is 0 Å². The molecule has 5 aromatic rings. The quantitative estimate of drug-likeness (QED) is 0.167. The maximum Gasteiger partial charge on any atom is 0.265 e. The standard InChI is InChI=1S/C18H16N4.C16H16N2O3S/c1-2-18(22-10-9-20-13-22)17-8-7-15(12-21-17)16-6-4-3-5-14(16)11-19;1-3-16(21-22(2,19)20)15-9-8-13(11-18-15)14-7-5-4-6-12(14)10-17/h3-10,12-13,18H,2H2,1H3;4-9,11,16H,3H2,1-2H3. The lowest BCUT2D eigenvalue weighted by atomic mass is 10.0. The Morgan fingerprint density at radius 3 is 1.75 bits per heavy atom. The van der Waals surface area contributed by atoms with Crippen LogP contribution in [0, 0.1) is 22.7 Å². The van der Waals surface area contributed by atoms with Gasteiger partial charge in [0.1, 0.15) is 6.10 Å². The molecule has 0 aliphatic rings. The van der Waals surface area contributed by atoms with Crippen LogP contribution in [0.1, 0.15) is 61.3 Å². The lowest BCUT2D eigenvalue weighted by Gasteiger charge is -2.16. The predicted molar refractivity (Wildman–Crippen MR) is 168 cm³/mol. The van der Waals surface area contributed by atoms with Crippen molar-refractivity contribution in [2.24, 2.45) is 0 Å². The molecule has 0 aliphatic carbocycles. The molecule has 5 rings (SSSR count). The average Bonchev–Trinajstić information content (AvgIpc) is 3.59. The molecule has 2 unspecified atom stereocenters. The van der Waals surface area contributed by atoms with Crippen molar-refractivity contribution in [3.05, 3.63) is 126 Å². The molecule has 0 N–H and O–H groups in total. The normalized spacial score (nSPS) is 12.2. The van der Waals surface area contributed by atoms with Gasteiger partial charge < -0.3 is 4.57 Å². The Labute approximate surface area is 258 Å². The van der Waals surface area contributed by atoms with Gasteiger partial charge in [-0.15, -0.1) is 0 Å². The van der Waals surface area contributed by atoms with Crippen LogP contribution < -0.4 is 0 Å². The molecule has 0 bridgehead atoms. The maximum absolute atomic E-state index is 11.3. The number of hydrogen-bond donors (Lipinski definition) is 0. The Balaban J connectivity index is 0.000000201. The summed E-state index contributed by atoms with van der Waals surface area (Å²) in [7, 11) is -3.54. The molecule has 0 radical (unpaired) electrons. The van der Waals surface area contributed by atoms with Crippen molar-refractivity contribution < 1.29 is 12.6 Å². The maximum atomic E-state index is 11.3. The lowest BCUT2D eigenvalue weighted by Crippen LogP contribution is -2.11. The summed E-state index contributed by atoms with van der Waals surface area (Å²) in [6.45, 7) is 3.96. The summed E-state index contributed by atoms with van der Waals surface area (Å²) in [5.74, 6) is 0. The third-order valence-corrected chi connectivity index (χ3v) is 7.48. The van der Waals surface area contributed by atoms with E-state index in [9.17, 15) is 13.7 Å². The van der Waals surface area contributed by atoms with Crippen LogP contribution in [-0.2, 0) is 14.3 Å². The Morgan fingerprint density at radius 2 is 1.34 bits per heavy atom. The molecule has 0 saturated heterocycles. The summed E-state index contributed by atoms with van der Waals surface area (Å²) in [6, 6.07) is 27.0. The van der Waals surface area contributed by atoms with Gasteiger partial charge in [-0.2, -0.15) is 18.9 Å². The van der Waals surface area contributed by atoms with E-state index < -0.39 is 16.2 Å². The molecule has 2 aromatic carbocycles. The van der Waals surface area contributed by atoms with Gasteiger partial charge in [-0.25, -0.2) is 4.98 Å². The van der Waals surface area contributed by atoms with Gasteiger partial charge in [-0.3, -0.25) is 14.2 Å². The van der Waals surface area contributed by atoms with Crippen molar-refractivity contribution in [3.8, 4) is 34.4 Å². The van der Waals surface area contributed by atoms with Crippen LogP contribution in [0.4, 0.5) is 0 Å². The van der Waals surface area contributed by atoms with Crippen LogP contribution in [0.25, 0.3) is 22.3 Å². The molecule has 2 atom stereocenters. The number of imidazole rings is 1. The molecule has 0 fully saturated rings. The highest BCUT2D eigenvalue weighted by Gasteiger charge is 2.18. The molecular weight excluding hydrogens is 572 g/mol. The minimum absolute atomic E-state index is 0.183.